The van der Waals surface area contributed by atoms with E-state index >= 15 is 0 Å². The Hall–Kier alpha value is -0.650. The number of nitrogens with one attached hydrogen (secondary N) is 1. The van der Waals surface area contributed by atoms with Crippen LogP contribution in [0.25, 0.3) is 0 Å². The summed E-state index contributed by atoms with van der Waals surface area (Å²) in [6.07, 6.45) is 2.08. The molecule has 0 aromatic carbocycles. The fourth-order valence-corrected chi connectivity index (χ4v) is 2.06. The maximum absolute atomic E-state index is 11.8. The smallest absolute Gasteiger partial charge is 0.237 e. The van der Waals surface area contributed by atoms with Gasteiger partial charge in [0, 0.05) is 26.2 Å². The summed E-state index contributed by atoms with van der Waals surface area (Å²) in [5.41, 5.74) is 0. The largest absolute Gasteiger partial charge is 0.395 e. The molecule has 1 unspecified atom stereocenters. The van der Waals surface area contributed by atoms with E-state index in [1.165, 1.54) is 0 Å². The number of amides is 1. The monoisotopic (exact) mass is 243 g/mol. The van der Waals surface area contributed by atoms with Crippen molar-refractivity contribution < 1.29 is 9.90 Å². The lowest BCUT2D eigenvalue weighted by Crippen LogP contribution is -2.56. The maximum atomic E-state index is 11.8. The van der Waals surface area contributed by atoms with Crippen LogP contribution in [0.2, 0.25) is 0 Å². The molecule has 1 aliphatic rings. The molecule has 1 heterocycles. The van der Waals surface area contributed by atoms with Crippen LogP contribution in [0, 0.1) is 0 Å². The van der Waals surface area contributed by atoms with Crippen LogP contribution < -0.4 is 5.32 Å². The Morgan fingerprint density at radius 2 is 2.29 bits per heavy atom. The highest BCUT2D eigenvalue weighted by Gasteiger charge is 2.32. The van der Waals surface area contributed by atoms with Crippen molar-refractivity contribution in [3.05, 3.63) is 0 Å². The third-order valence-corrected chi connectivity index (χ3v) is 3.22. The molecule has 1 rings (SSSR count). The average Bonchev–Trinajstić information content (AvgIpc) is 2.24. The second-order valence-electron chi connectivity index (χ2n) is 4.66. The van der Waals surface area contributed by atoms with Gasteiger partial charge in [-0.25, -0.2) is 0 Å². The molecule has 2 N–H and O–H groups in total. The Labute approximate surface area is 104 Å². The number of aliphatic hydroxyl groups is 1. The summed E-state index contributed by atoms with van der Waals surface area (Å²) in [4.78, 5) is 16.1. The lowest BCUT2D eigenvalue weighted by atomic mass is 10.0. The van der Waals surface area contributed by atoms with E-state index in [4.69, 9.17) is 5.11 Å². The van der Waals surface area contributed by atoms with Crippen LogP contribution in [0.15, 0.2) is 0 Å². The van der Waals surface area contributed by atoms with Crippen molar-refractivity contribution in [2.45, 2.75) is 25.8 Å². The molecule has 17 heavy (non-hydrogen) atoms. The minimum absolute atomic E-state index is 0.0955. The first-order valence-electron chi connectivity index (χ1n) is 6.50. The van der Waals surface area contributed by atoms with Crippen molar-refractivity contribution >= 4 is 5.91 Å². The Kier molecular flexibility index (Phi) is 6.47. The molecule has 0 aromatic rings. The van der Waals surface area contributed by atoms with Crippen LogP contribution in [0.4, 0.5) is 0 Å². The molecule has 0 aromatic heterocycles. The SMILES string of the molecule is CCCN1CCC1C(=O)NCCN(C)CCO. The fraction of sp³-hybridized carbons (Fsp3) is 0.917. The molecule has 0 saturated carbocycles. The summed E-state index contributed by atoms with van der Waals surface area (Å²) in [5, 5.41) is 11.7. The molecule has 5 heteroatoms. The highest BCUT2D eigenvalue weighted by atomic mass is 16.3. The summed E-state index contributed by atoms with van der Waals surface area (Å²) in [7, 11) is 1.94. The van der Waals surface area contributed by atoms with Crippen molar-refractivity contribution in [3.8, 4) is 0 Å². The Balaban J connectivity index is 2.13. The van der Waals surface area contributed by atoms with Crippen LogP contribution in [-0.4, -0.2) is 73.2 Å². The van der Waals surface area contributed by atoms with E-state index in [0.29, 0.717) is 13.1 Å². The van der Waals surface area contributed by atoms with Gasteiger partial charge in [0.15, 0.2) is 0 Å². The lowest BCUT2D eigenvalue weighted by molar-refractivity contribution is -0.130. The van der Waals surface area contributed by atoms with E-state index in [2.05, 4.69) is 17.1 Å². The van der Waals surface area contributed by atoms with E-state index in [-0.39, 0.29) is 18.6 Å². The molecule has 0 spiro atoms. The van der Waals surface area contributed by atoms with Gasteiger partial charge in [-0.05, 0) is 26.4 Å². The Morgan fingerprint density at radius 3 is 2.82 bits per heavy atom. The first-order chi connectivity index (χ1) is 8.19. The molecule has 0 radical (unpaired) electrons. The van der Waals surface area contributed by atoms with Crippen molar-refractivity contribution in [1.82, 2.24) is 15.1 Å². The summed E-state index contributed by atoms with van der Waals surface area (Å²) < 4.78 is 0. The van der Waals surface area contributed by atoms with Gasteiger partial charge in [0.25, 0.3) is 0 Å². The Morgan fingerprint density at radius 1 is 1.53 bits per heavy atom. The fourth-order valence-electron chi connectivity index (χ4n) is 2.06. The Bertz CT molecular complexity index is 236. The van der Waals surface area contributed by atoms with E-state index < -0.39 is 0 Å². The zero-order chi connectivity index (χ0) is 12.7. The van der Waals surface area contributed by atoms with Crippen LogP contribution in [0.3, 0.4) is 0 Å². The molecule has 0 aliphatic carbocycles. The third-order valence-electron chi connectivity index (χ3n) is 3.22. The minimum atomic E-state index is 0.0955. The van der Waals surface area contributed by atoms with Gasteiger partial charge < -0.3 is 15.3 Å². The van der Waals surface area contributed by atoms with Crippen molar-refractivity contribution in [3.63, 3.8) is 0 Å². The van der Waals surface area contributed by atoms with Crippen LogP contribution in [0.1, 0.15) is 19.8 Å². The summed E-state index contributed by atoms with van der Waals surface area (Å²) >= 11 is 0. The molecule has 1 saturated heterocycles. The van der Waals surface area contributed by atoms with E-state index in [9.17, 15) is 4.79 Å². The number of carbonyl (C=O) groups excluding carboxylic acids is 1. The molecule has 1 fully saturated rings. The number of carbonyl (C=O) groups is 1. The van der Waals surface area contributed by atoms with Gasteiger partial charge in [-0.15, -0.1) is 0 Å². The molecular formula is C12H25N3O2. The van der Waals surface area contributed by atoms with Crippen LogP contribution in [0.5, 0.6) is 0 Å². The van der Waals surface area contributed by atoms with E-state index in [1.54, 1.807) is 0 Å². The normalized spacial score (nSPS) is 20.4. The van der Waals surface area contributed by atoms with Gasteiger partial charge in [-0.1, -0.05) is 6.92 Å². The van der Waals surface area contributed by atoms with Crippen molar-refractivity contribution in [2.24, 2.45) is 0 Å². The number of aliphatic hydroxyl groups excluding tert-OH is 1. The quantitative estimate of drug-likeness (QED) is 0.604. The first-order valence-corrected chi connectivity index (χ1v) is 6.50. The first kappa shape index (κ1) is 14.4. The van der Waals surface area contributed by atoms with E-state index in [0.717, 1.165) is 32.5 Å². The lowest BCUT2D eigenvalue weighted by Gasteiger charge is -2.39. The van der Waals surface area contributed by atoms with Gasteiger partial charge >= 0.3 is 0 Å². The molecule has 100 valence electrons. The third kappa shape index (κ3) is 4.61. The second kappa shape index (κ2) is 7.63. The molecule has 1 atom stereocenters. The topological polar surface area (TPSA) is 55.8 Å². The highest BCUT2D eigenvalue weighted by molar-refractivity contribution is 5.82. The second-order valence-corrected chi connectivity index (χ2v) is 4.66. The van der Waals surface area contributed by atoms with Gasteiger partial charge in [-0.3, -0.25) is 9.69 Å². The number of hydrogen-bond acceptors (Lipinski definition) is 4. The zero-order valence-corrected chi connectivity index (χ0v) is 11.0. The van der Waals surface area contributed by atoms with Crippen LogP contribution in [-0.2, 0) is 4.79 Å². The molecule has 1 amide bonds. The number of likely N-dealkylation sites (tertiary alicyclic amines) is 1. The predicted octanol–water partition coefficient (Wildman–Crippen LogP) is -0.489. The zero-order valence-electron chi connectivity index (χ0n) is 11.0. The number of likely N-dealkylation sites (N-methyl/N-ethyl adjacent to an activating group) is 1. The van der Waals surface area contributed by atoms with E-state index in [1.807, 2.05) is 11.9 Å². The van der Waals surface area contributed by atoms with Gasteiger partial charge in [0.2, 0.25) is 5.91 Å². The van der Waals surface area contributed by atoms with Gasteiger partial charge in [0.05, 0.1) is 12.6 Å². The van der Waals surface area contributed by atoms with Gasteiger partial charge in [0.1, 0.15) is 0 Å². The minimum Gasteiger partial charge on any atom is -0.395 e. The number of hydrogen-bond donors (Lipinski definition) is 2. The molecular weight excluding hydrogens is 218 g/mol. The predicted molar refractivity (Wildman–Crippen MR) is 67.9 cm³/mol. The number of nitrogens with zero attached hydrogens (tertiary/aromatic N) is 2. The van der Waals surface area contributed by atoms with Crippen molar-refractivity contribution in [1.29, 1.82) is 0 Å². The maximum Gasteiger partial charge on any atom is 0.237 e. The number of rotatable bonds is 8. The van der Waals surface area contributed by atoms with Gasteiger partial charge in [-0.2, -0.15) is 0 Å². The highest BCUT2D eigenvalue weighted by Crippen LogP contribution is 2.17. The summed E-state index contributed by atoms with van der Waals surface area (Å²) in [6, 6.07) is 0.0955. The average molecular weight is 243 g/mol. The molecule has 0 bridgehead atoms. The molecule has 5 nitrogen and oxygen atoms in total. The van der Waals surface area contributed by atoms with Crippen LogP contribution >= 0.6 is 0 Å². The summed E-state index contributed by atoms with van der Waals surface area (Å²) in [5.74, 6) is 0.155. The molecule has 1 aliphatic heterocycles. The summed E-state index contributed by atoms with van der Waals surface area (Å²) in [6.45, 7) is 6.47. The standard InChI is InChI=1S/C12H25N3O2/c1-3-6-15-7-4-11(15)12(17)13-5-8-14(2)9-10-16/h11,16H,3-10H2,1-2H3,(H,13,17). The van der Waals surface area contributed by atoms with Crippen molar-refractivity contribution in [2.75, 3.05) is 46.4 Å².